The van der Waals surface area contributed by atoms with E-state index in [0.29, 0.717) is 23.7 Å². The van der Waals surface area contributed by atoms with Crippen molar-refractivity contribution in [3.63, 3.8) is 0 Å². The number of aliphatic hydroxyl groups is 1. The molecule has 7 nitrogen and oxygen atoms in total. The Morgan fingerprint density at radius 1 is 1.30 bits per heavy atom. The fourth-order valence-electron chi connectivity index (χ4n) is 9.47. The van der Waals surface area contributed by atoms with E-state index in [9.17, 15) is 15.0 Å². The molecule has 166 valence electrons. The summed E-state index contributed by atoms with van der Waals surface area (Å²) in [4.78, 5) is 18.0. The van der Waals surface area contributed by atoms with E-state index in [2.05, 4.69) is 11.9 Å². The molecule has 0 aromatic carbocycles. The minimum atomic E-state index is -1.47. The van der Waals surface area contributed by atoms with Crippen molar-refractivity contribution >= 4 is 11.9 Å². The Bertz CT molecular complexity index is 840. The number of nitrogens with zero attached hydrogens (tertiary/aromatic N) is 1. The van der Waals surface area contributed by atoms with Gasteiger partial charge in [-0.2, -0.15) is 0 Å². The van der Waals surface area contributed by atoms with Crippen LogP contribution < -0.4 is 15.7 Å². The zero-order valence-electron chi connectivity index (χ0n) is 18.4. The molecule has 30 heavy (non-hydrogen) atoms. The van der Waals surface area contributed by atoms with Crippen molar-refractivity contribution in [3.8, 4) is 0 Å². The molecule has 0 aromatic heterocycles. The molecule has 3 saturated carbocycles. The monoisotopic (exact) mass is 417 g/mol. The Hall–Kier alpha value is -1.44. The van der Waals surface area contributed by atoms with Gasteiger partial charge < -0.3 is 25.5 Å². The van der Waals surface area contributed by atoms with Crippen LogP contribution in [-0.2, 0) is 9.53 Å². The lowest BCUT2D eigenvalue weighted by atomic mass is 9.39. The largest absolute Gasteiger partial charge is 0.545 e. The van der Waals surface area contributed by atoms with Crippen LogP contribution in [0, 0.1) is 34.5 Å². The second kappa shape index (κ2) is 6.53. The van der Waals surface area contributed by atoms with E-state index >= 15 is 0 Å². The van der Waals surface area contributed by atoms with Crippen molar-refractivity contribution in [1.82, 2.24) is 0 Å². The van der Waals surface area contributed by atoms with Gasteiger partial charge in [0.1, 0.15) is 5.60 Å². The molecule has 4 N–H and O–H groups in total. The smallest absolute Gasteiger partial charge is 0.293 e. The number of carboxylic acid groups (broad SMARTS) is 1. The third kappa shape index (κ3) is 2.07. The number of piperidine rings is 1. The van der Waals surface area contributed by atoms with Crippen LogP contribution in [0.3, 0.4) is 0 Å². The number of ether oxygens (including phenoxy) is 1. The quantitative estimate of drug-likeness (QED) is 0.407. The van der Waals surface area contributed by atoms with Crippen molar-refractivity contribution in [2.45, 2.75) is 51.0 Å². The molecule has 1 saturated heterocycles. The average Bonchev–Trinajstić information content (AvgIpc) is 3.05. The van der Waals surface area contributed by atoms with Crippen molar-refractivity contribution in [3.05, 3.63) is 11.1 Å². The van der Waals surface area contributed by atoms with Crippen LogP contribution in [0.4, 0.5) is 0 Å². The van der Waals surface area contributed by atoms with E-state index in [0.717, 1.165) is 57.2 Å². The Morgan fingerprint density at radius 3 is 2.70 bits per heavy atom. The molecule has 4 fully saturated rings. The summed E-state index contributed by atoms with van der Waals surface area (Å²) < 4.78 is 5.43. The van der Waals surface area contributed by atoms with E-state index in [-0.39, 0.29) is 28.9 Å². The molecule has 1 aliphatic heterocycles. The number of rotatable bonds is 3. The number of aliphatic imine (C=N–C) groups is 1. The van der Waals surface area contributed by atoms with E-state index in [1.165, 1.54) is 4.90 Å². The number of carboxylic acids is 1. The van der Waals surface area contributed by atoms with E-state index in [1.54, 1.807) is 14.2 Å². The molecule has 4 aliphatic carbocycles. The van der Waals surface area contributed by atoms with Gasteiger partial charge in [-0.05, 0) is 49.9 Å². The minimum Gasteiger partial charge on any atom is -0.545 e. The summed E-state index contributed by atoms with van der Waals surface area (Å²) in [5.74, 6) is 0.601. The highest BCUT2D eigenvalue weighted by Crippen LogP contribution is 2.81. The number of guanidine groups is 1. The summed E-state index contributed by atoms with van der Waals surface area (Å²) in [7, 11) is 3.29. The van der Waals surface area contributed by atoms with E-state index in [4.69, 9.17) is 10.5 Å². The summed E-state index contributed by atoms with van der Waals surface area (Å²) in [5, 5.41) is 24.4. The van der Waals surface area contributed by atoms with E-state index < -0.39 is 11.6 Å². The summed E-state index contributed by atoms with van der Waals surface area (Å²) in [6, 6.07) is 0. The Kier molecular flexibility index (Phi) is 4.45. The highest BCUT2D eigenvalue weighted by molar-refractivity contribution is 5.90. The first-order valence-corrected chi connectivity index (χ1v) is 11.5. The second-order valence-electron chi connectivity index (χ2n) is 10.5. The topological polar surface area (TPSA) is 112 Å². The van der Waals surface area contributed by atoms with Crippen LogP contribution in [0.5, 0.6) is 0 Å². The number of nitrogens with one attached hydrogen (secondary N) is 1. The number of allylic oxidation sites excluding steroid dienone is 1. The molecule has 1 heterocycles. The molecule has 5 rings (SSSR count). The fourth-order valence-corrected chi connectivity index (χ4v) is 9.47. The zero-order chi connectivity index (χ0) is 21.5. The van der Waals surface area contributed by atoms with Gasteiger partial charge in [0.2, 0.25) is 0 Å². The first kappa shape index (κ1) is 20.5. The van der Waals surface area contributed by atoms with Crippen LogP contribution in [0.1, 0.15) is 45.4 Å². The number of nitrogens with two attached hydrogens (primary N) is 1. The molecule has 5 aliphatic rings. The average molecular weight is 418 g/mol. The standard InChI is InChI=1S/C23H35N3O4/c1-13-4-5-15-10-16-18(19(27)28)22(29,12-30-3)17-7-6-14-8-9-26(20(24)25-2)11-21(14,15)23(13,16)17/h13-15,17,29H,4-12H2,1-3H3,(H2,24,25)(H,27,28). The van der Waals surface area contributed by atoms with Crippen molar-refractivity contribution in [2.24, 2.45) is 45.2 Å². The number of likely N-dealkylation sites (tertiary alicyclic amines) is 1. The molecule has 0 radical (unpaired) electrons. The maximum Gasteiger partial charge on any atom is 0.293 e. The predicted octanol–water partition coefficient (Wildman–Crippen LogP) is -0.894. The molecular weight excluding hydrogens is 382 g/mol. The molecular formula is C23H35N3O4. The lowest BCUT2D eigenvalue weighted by Gasteiger charge is -2.66. The van der Waals surface area contributed by atoms with Gasteiger partial charge in [0.05, 0.1) is 25.7 Å². The highest BCUT2D eigenvalue weighted by Gasteiger charge is 2.80. The Morgan fingerprint density at radius 2 is 2.03 bits per heavy atom. The Balaban J connectivity index is 1.77. The lowest BCUT2D eigenvalue weighted by molar-refractivity contribution is -0.829. The summed E-state index contributed by atoms with van der Waals surface area (Å²) >= 11 is 0. The maximum atomic E-state index is 12.5. The predicted molar refractivity (Wildman–Crippen MR) is 109 cm³/mol. The van der Waals surface area contributed by atoms with Gasteiger partial charge in [-0.15, -0.1) is 0 Å². The van der Waals surface area contributed by atoms with Crippen LogP contribution in [0.25, 0.3) is 0 Å². The first-order chi connectivity index (χ1) is 14.3. The number of methoxy groups -OCH3 is 1. The van der Waals surface area contributed by atoms with Gasteiger partial charge >= 0.3 is 0 Å². The maximum absolute atomic E-state index is 12.5. The number of aliphatic carboxylic acids is 1. The van der Waals surface area contributed by atoms with Crippen molar-refractivity contribution in [1.29, 1.82) is 0 Å². The van der Waals surface area contributed by atoms with Gasteiger partial charge in [0.25, 0.3) is 5.96 Å². The SMILES string of the molecule is CN=C(N)[NH+]1CCC2CCC3C(O)(COC)C(C(=O)[O-])=C4CC5CCC(C)C43C25C1. The normalized spacial score (nSPS) is 49.7. The van der Waals surface area contributed by atoms with E-state index in [1.807, 2.05) is 0 Å². The zero-order valence-corrected chi connectivity index (χ0v) is 18.4. The molecule has 8 unspecified atom stereocenters. The van der Waals surface area contributed by atoms with Gasteiger partial charge in [-0.1, -0.05) is 12.5 Å². The fraction of sp³-hybridized carbons (Fsp3) is 0.826. The number of quaternary nitrogens is 1. The molecule has 7 heteroatoms. The molecule has 8 atom stereocenters. The molecule has 2 bridgehead atoms. The number of carbonyl (C=O) groups excluding carboxylic acids is 1. The number of carbonyl (C=O) groups is 1. The highest BCUT2D eigenvalue weighted by atomic mass is 16.5. The second-order valence-corrected chi connectivity index (χ2v) is 10.5. The van der Waals surface area contributed by atoms with Crippen LogP contribution in [0.2, 0.25) is 0 Å². The lowest BCUT2D eigenvalue weighted by Crippen LogP contribution is -3.19. The minimum absolute atomic E-state index is 0.0134. The van der Waals surface area contributed by atoms with Crippen molar-refractivity contribution < 1.29 is 24.6 Å². The van der Waals surface area contributed by atoms with Gasteiger partial charge in [-0.3, -0.25) is 4.90 Å². The molecule has 0 amide bonds. The van der Waals surface area contributed by atoms with Gasteiger partial charge in [0.15, 0.2) is 0 Å². The van der Waals surface area contributed by atoms with Gasteiger partial charge in [-0.25, -0.2) is 4.99 Å². The van der Waals surface area contributed by atoms with Crippen molar-refractivity contribution in [2.75, 3.05) is 33.9 Å². The number of hydrogen-bond acceptors (Lipinski definition) is 5. The Labute approximate surface area is 178 Å². The molecule has 0 aromatic rings. The summed E-state index contributed by atoms with van der Waals surface area (Å²) in [6.45, 7) is 4.17. The number of hydrogen-bond donors (Lipinski definition) is 3. The summed E-state index contributed by atoms with van der Waals surface area (Å²) in [6.07, 6.45) is 5.93. The third-order valence-corrected chi connectivity index (χ3v) is 10.0. The van der Waals surface area contributed by atoms with Crippen LogP contribution in [0.15, 0.2) is 16.1 Å². The summed E-state index contributed by atoms with van der Waals surface area (Å²) in [5.41, 5.74) is 5.64. The third-order valence-electron chi connectivity index (χ3n) is 10.0. The van der Waals surface area contributed by atoms with Crippen LogP contribution >= 0.6 is 0 Å². The van der Waals surface area contributed by atoms with Gasteiger partial charge in [0, 0.05) is 42.9 Å². The van der Waals surface area contributed by atoms with Crippen LogP contribution in [-0.4, -0.2) is 56.5 Å². The first-order valence-electron chi connectivity index (χ1n) is 11.5. The molecule has 2 spiro atoms.